The molecule has 1 aromatic heterocycles. The average Bonchev–Trinajstić information content (AvgIpc) is 2.97. The second-order valence-electron chi connectivity index (χ2n) is 4.37. The summed E-state index contributed by atoms with van der Waals surface area (Å²) in [7, 11) is 0. The van der Waals surface area contributed by atoms with Crippen molar-refractivity contribution in [2.75, 3.05) is 11.9 Å². The lowest BCUT2D eigenvalue weighted by Gasteiger charge is -2.11. The van der Waals surface area contributed by atoms with Crippen LogP contribution < -0.4 is 11.1 Å². The van der Waals surface area contributed by atoms with E-state index in [2.05, 4.69) is 10.4 Å². The van der Waals surface area contributed by atoms with Crippen LogP contribution in [0.25, 0.3) is 0 Å². The minimum absolute atomic E-state index is 0.0644. The number of aromatic nitrogens is 2. The normalized spacial score (nSPS) is 22.4. The predicted octanol–water partition coefficient (Wildman–Crippen LogP) is -0.587. The summed E-state index contributed by atoms with van der Waals surface area (Å²) in [6.07, 6.45) is 3.70. The van der Waals surface area contributed by atoms with E-state index in [4.69, 9.17) is 15.6 Å². The van der Waals surface area contributed by atoms with Crippen LogP contribution in [0.1, 0.15) is 12.8 Å². The number of carbonyl (C=O) groups is 2. The molecule has 2 atom stereocenters. The number of hydrogen-bond acceptors (Lipinski definition) is 5. The Balaban J connectivity index is 1.88. The Labute approximate surface area is 109 Å². The first-order valence-electron chi connectivity index (χ1n) is 5.99. The van der Waals surface area contributed by atoms with Crippen LogP contribution in [0, 0.1) is 0 Å². The van der Waals surface area contributed by atoms with Crippen molar-refractivity contribution in [2.24, 2.45) is 5.73 Å². The molecule has 1 aromatic rings. The molecule has 0 aromatic carbocycles. The molecule has 2 unspecified atom stereocenters. The third kappa shape index (κ3) is 3.52. The summed E-state index contributed by atoms with van der Waals surface area (Å²) in [5.74, 6) is -1.25. The van der Waals surface area contributed by atoms with E-state index in [0.717, 1.165) is 6.42 Å². The molecule has 0 radical (unpaired) electrons. The highest BCUT2D eigenvalue weighted by Gasteiger charge is 2.29. The number of nitrogens with two attached hydrogens (primary N) is 1. The Morgan fingerprint density at radius 2 is 2.37 bits per heavy atom. The van der Waals surface area contributed by atoms with E-state index in [1.807, 2.05) is 0 Å². The molecular formula is C11H16N4O4. The molecule has 2 heterocycles. The SMILES string of the molecule is NCC1CCC(C(=O)Nc2cnn(CC(=O)O)c2)O1. The maximum Gasteiger partial charge on any atom is 0.325 e. The summed E-state index contributed by atoms with van der Waals surface area (Å²) in [6.45, 7) is 0.158. The molecule has 0 aliphatic carbocycles. The van der Waals surface area contributed by atoms with E-state index in [1.54, 1.807) is 0 Å². The highest BCUT2D eigenvalue weighted by Crippen LogP contribution is 2.20. The fourth-order valence-corrected chi connectivity index (χ4v) is 1.95. The van der Waals surface area contributed by atoms with Gasteiger partial charge in [0.2, 0.25) is 0 Å². The smallest absolute Gasteiger partial charge is 0.325 e. The fraction of sp³-hybridized carbons (Fsp3) is 0.545. The van der Waals surface area contributed by atoms with Crippen LogP contribution >= 0.6 is 0 Å². The van der Waals surface area contributed by atoms with Gasteiger partial charge in [-0.2, -0.15) is 5.10 Å². The summed E-state index contributed by atoms with van der Waals surface area (Å²) in [5.41, 5.74) is 5.92. The van der Waals surface area contributed by atoms with E-state index in [9.17, 15) is 9.59 Å². The monoisotopic (exact) mass is 268 g/mol. The average molecular weight is 268 g/mol. The highest BCUT2D eigenvalue weighted by molar-refractivity contribution is 5.94. The zero-order valence-electron chi connectivity index (χ0n) is 10.3. The summed E-state index contributed by atoms with van der Waals surface area (Å²) in [6, 6.07) is 0. The molecule has 1 fully saturated rings. The number of nitrogens with one attached hydrogen (secondary N) is 1. The second-order valence-corrected chi connectivity index (χ2v) is 4.37. The zero-order valence-corrected chi connectivity index (χ0v) is 10.3. The number of amides is 1. The Morgan fingerprint density at radius 3 is 3.00 bits per heavy atom. The lowest BCUT2D eigenvalue weighted by atomic mass is 10.2. The third-order valence-electron chi connectivity index (χ3n) is 2.86. The zero-order chi connectivity index (χ0) is 13.8. The number of carboxylic acid groups (broad SMARTS) is 1. The largest absolute Gasteiger partial charge is 0.480 e. The van der Waals surface area contributed by atoms with Gasteiger partial charge in [-0.1, -0.05) is 0 Å². The lowest BCUT2D eigenvalue weighted by molar-refractivity contribution is -0.137. The number of carbonyl (C=O) groups excluding carboxylic acids is 1. The van der Waals surface area contributed by atoms with Gasteiger partial charge < -0.3 is 20.9 Å². The molecule has 1 aliphatic heterocycles. The Morgan fingerprint density at radius 1 is 1.58 bits per heavy atom. The first-order chi connectivity index (χ1) is 9.08. The van der Waals surface area contributed by atoms with Gasteiger partial charge in [-0.15, -0.1) is 0 Å². The first kappa shape index (κ1) is 13.5. The molecule has 1 saturated heterocycles. The lowest BCUT2D eigenvalue weighted by Crippen LogP contribution is -2.29. The molecule has 104 valence electrons. The quantitative estimate of drug-likeness (QED) is 0.656. The summed E-state index contributed by atoms with van der Waals surface area (Å²) in [4.78, 5) is 22.4. The van der Waals surface area contributed by atoms with E-state index in [0.29, 0.717) is 18.7 Å². The maximum absolute atomic E-state index is 11.9. The molecule has 8 heteroatoms. The number of nitrogens with zero attached hydrogens (tertiary/aromatic N) is 2. The molecule has 8 nitrogen and oxygen atoms in total. The van der Waals surface area contributed by atoms with Crippen molar-refractivity contribution >= 4 is 17.6 Å². The molecule has 0 bridgehead atoms. The van der Waals surface area contributed by atoms with Gasteiger partial charge in [0.1, 0.15) is 12.6 Å². The minimum Gasteiger partial charge on any atom is -0.480 e. The molecule has 0 saturated carbocycles. The van der Waals surface area contributed by atoms with Gasteiger partial charge in [-0.05, 0) is 12.8 Å². The van der Waals surface area contributed by atoms with Crippen LogP contribution in [0.2, 0.25) is 0 Å². The van der Waals surface area contributed by atoms with E-state index < -0.39 is 12.1 Å². The van der Waals surface area contributed by atoms with Crippen LogP contribution in [0.5, 0.6) is 0 Å². The van der Waals surface area contributed by atoms with Crippen LogP contribution in [0.3, 0.4) is 0 Å². The number of aliphatic carboxylic acids is 1. The third-order valence-corrected chi connectivity index (χ3v) is 2.86. The number of hydrogen-bond donors (Lipinski definition) is 3. The Hall–Kier alpha value is -1.93. The molecule has 2 rings (SSSR count). The molecule has 4 N–H and O–H groups in total. The summed E-state index contributed by atoms with van der Waals surface area (Å²) >= 11 is 0. The molecule has 19 heavy (non-hydrogen) atoms. The van der Waals surface area contributed by atoms with Crippen molar-refractivity contribution in [3.8, 4) is 0 Å². The number of anilines is 1. The standard InChI is InChI=1S/C11H16N4O4/c12-3-8-1-2-9(19-8)11(18)14-7-4-13-15(5-7)6-10(16)17/h4-5,8-9H,1-3,6,12H2,(H,14,18)(H,16,17). The van der Waals surface area contributed by atoms with Crippen molar-refractivity contribution in [3.05, 3.63) is 12.4 Å². The topological polar surface area (TPSA) is 119 Å². The number of rotatable bonds is 5. The van der Waals surface area contributed by atoms with Gasteiger partial charge in [0.15, 0.2) is 0 Å². The van der Waals surface area contributed by atoms with Gasteiger partial charge in [-0.3, -0.25) is 14.3 Å². The first-order valence-corrected chi connectivity index (χ1v) is 5.99. The van der Waals surface area contributed by atoms with Gasteiger partial charge in [0, 0.05) is 12.7 Å². The minimum atomic E-state index is -0.995. The van der Waals surface area contributed by atoms with Crippen LogP contribution in [-0.4, -0.2) is 45.5 Å². The van der Waals surface area contributed by atoms with Gasteiger partial charge in [-0.25, -0.2) is 0 Å². The van der Waals surface area contributed by atoms with Crippen LogP contribution in [-0.2, 0) is 20.9 Å². The van der Waals surface area contributed by atoms with Gasteiger partial charge in [0.25, 0.3) is 5.91 Å². The second kappa shape index (κ2) is 5.81. The fourth-order valence-electron chi connectivity index (χ4n) is 1.95. The van der Waals surface area contributed by atoms with E-state index in [1.165, 1.54) is 17.1 Å². The van der Waals surface area contributed by atoms with Gasteiger partial charge in [0.05, 0.1) is 18.0 Å². The molecule has 1 aliphatic rings. The van der Waals surface area contributed by atoms with Crippen molar-refractivity contribution in [3.63, 3.8) is 0 Å². The number of ether oxygens (including phenoxy) is 1. The van der Waals surface area contributed by atoms with Crippen molar-refractivity contribution in [1.82, 2.24) is 9.78 Å². The van der Waals surface area contributed by atoms with Gasteiger partial charge >= 0.3 is 5.97 Å². The van der Waals surface area contributed by atoms with Crippen LogP contribution in [0.15, 0.2) is 12.4 Å². The Kier molecular flexibility index (Phi) is 4.13. The highest BCUT2D eigenvalue weighted by atomic mass is 16.5. The predicted molar refractivity (Wildman–Crippen MR) is 65.4 cm³/mol. The summed E-state index contributed by atoms with van der Waals surface area (Å²) in [5, 5.41) is 15.1. The Bertz CT molecular complexity index is 473. The van der Waals surface area contributed by atoms with E-state index in [-0.39, 0.29) is 18.6 Å². The summed E-state index contributed by atoms with van der Waals surface area (Å²) < 4.78 is 6.69. The number of carboxylic acids is 1. The molecule has 1 amide bonds. The van der Waals surface area contributed by atoms with Crippen LogP contribution in [0.4, 0.5) is 5.69 Å². The van der Waals surface area contributed by atoms with Crippen molar-refractivity contribution < 1.29 is 19.4 Å². The molecular weight excluding hydrogens is 252 g/mol. The van der Waals surface area contributed by atoms with E-state index >= 15 is 0 Å². The molecule has 0 spiro atoms. The van der Waals surface area contributed by atoms with Crippen molar-refractivity contribution in [1.29, 1.82) is 0 Å². The van der Waals surface area contributed by atoms with Crippen molar-refractivity contribution in [2.45, 2.75) is 31.6 Å². The maximum atomic E-state index is 11.9.